The summed E-state index contributed by atoms with van der Waals surface area (Å²) in [6.07, 6.45) is 2.57. The van der Waals surface area contributed by atoms with Crippen LogP contribution in [0.25, 0.3) is 10.8 Å². The van der Waals surface area contributed by atoms with E-state index in [0.717, 1.165) is 19.3 Å². The zero-order chi connectivity index (χ0) is 16.1. The summed E-state index contributed by atoms with van der Waals surface area (Å²) in [6, 6.07) is 14.3. The van der Waals surface area contributed by atoms with Gasteiger partial charge in [-0.3, -0.25) is 4.79 Å². The van der Waals surface area contributed by atoms with Crippen LogP contribution in [-0.2, 0) is 16.0 Å². The number of rotatable bonds is 5. The molecule has 122 valence electrons. The molecule has 0 aliphatic carbocycles. The molecule has 1 aliphatic heterocycles. The van der Waals surface area contributed by atoms with E-state index < -0.39 is 6.04 Å². The molecule has 0 saturated carbocycles. The highest BCUT2D eigenvalue weighted by atomic mass is 16.5. The van der Waals surface area contributed by atoms with Crippen molar-refractivity contribution >= 4 is 16.7 Å². The quantitative estimate of drug-likeness (QED) is 0.890. The lowest BCUT2D eigenvalue weighted by atomic mass is 9.92. The molecule has 0 bridgehead atoms. The highest BCUT2D eigenvalue weighted by Gasteiger charge is 2.26. The van der Waals surface area contributed by atoms with E-state index in [1.807, 2.05) is 12.1 Å². The molecule has 1 aliphatic rings. The molecular weight excluding hydrogens is 288 g/mol. The van der Waals surface area contributed by atoms with Gasteiger partial charge in [-0.1, -0.05) is 42.5 Å². The third-order valence-corrected chi connectivity index (χ3v) is 4.60. The van der Waals surface area contributed by atoms with E-state index in [9.17, 15) is 4.79 Å². The Morgan fingerprint density at radius 3 is 2.70 bits per heavy atom. The van der Waals surface area contributed by atoms with Crippen molar-refractivity contribution in [3.63, 3.8) is 0 Å². The van der Waals surface area contributed by atoms with Crippen LogP contribution >= 0.6 is 0 Å². The Balaban J connectivity index is 1.50. The van der Waals surface area contributed by atoms with Gasteiger partial charge in [0.25, 0.3) is 0 Å². The number of amides is 1. The van der Waals surface area contributed by atoms with Gasteiger partial charge in [0.1, 0.15) is 0 Å². The van der Waals surface area contributed by atoms with Gasteiger partial charge in [-0.05, 0) is 41.5 Å². The number of fused-ring (bicyclic) bond motifs is 1. The van der Waals surface area contributed by atoms with Crippen LogP contribution in [0, 0.1) is 5.92 Å². The van der Waals surface area contributed by atoms with Gasteiger partial charge in [-0.25, -0.2) is 0 Å². The Bertz CT molecular complexity index is 665. The summed E-state index contributed by atoms with van der Waals surface area (Å²) in [4.78, 5) is 12.2. The summed E-state index contributed by atoms with van der Waals surface area (Å²) in [5.74, 6) is 0.196. The van der Waals surface area contributed by atoms with Crippen molar-refractivity contribution in [1.29, 1.82) is 0 Å². The predicted molar refractivity (Wildman–Crippen MR) is 92.2 cm³/mol. The second-order valence-electron chi connectivity index (χ2n) is 6.20. The van der Waals surface area contributed by atoms with Gasteiger partial charge in [-0.15, -0.1) is 0 Å². The van der Waals surface area contributed by atoms with Crippen molar-refractivity contribution in [2.45, 2.75) is 25.3 Å². The van der Waals surface area contributed by atoms with Crippen LogP contribution < -0.4 is 11.1 Å². The first-order valence-corrected chi connectivity index (χ1v) is 8.33. The fraction of sp³-hybridized carbons (Fsp3) is 0.421. The van der Waals surface area contributed by atoms with E-state index in [2.05, 4.69) is 35.6 Å². The fourth-order valence-corrected chi connectivity index (χ4v) is 3.13. The Kier molecular flexibility index (Phi) is 5.26. The molecule has 1 fully saturated rings. The van der Waals surface area contributed by atoms with Gasteiger partial charge in [0.05, 0.1) is 6.04 Å². The Hall–Kier alpha value is -1.91. The lowest BCUT2D eigenvalue weighted by molar-refractivity contribution is -0.124. The van der Waals surface area contributed by atoms with E-state index in [1.54, 1.807) is 0 Å². The number of benzene rings is 2. The molecular formula is C19H24N2O2. The molecule has 1 heterocycles. The maximum absolute atomic E-state index is 12.2. The number of ether oxygens (including phenoxy) is 1. The van der Waals surface area contributed by atoms with Gasteiger partial charge in [-0.2, -0.15) is 0 Å². The number of carbonyl (C=O) groups excluding carboxylic acids is 1. The molecule has 0 aromatic heterocycles. The normalized spacial score (nSPS) is 17.1. The zero-order valence-electron chi connectivity index (χ0n) is 13.3. The summed E-state index contributed by atoms with van der Waals surface area (Å²) in [5, 5.41) is 5.44. The van der Waals surface area contributed by atoms with E-state index in [0.29, 0.717) is 19.8 Å². The van der Waals surface area contributed by atoms with Crippen LogP contribution in [0.4, 0.5) is 0 Å². The Labute approximate surface area is 137 Å². The van der Waals surface area contributed by atoms with Crippen molar-refractivity contribution in [2.24, 2.45) is 11.7 Å². The van der Waals surface area contributed by atoms with Crippen LogP contribution in [0.1, 0.15) is 18.4 Å². The van der Waals surface area contributed by atoms with Crippen LogP contribution in [0.15, 0.2) is 42.5 Å². The summed E-state index contributed by atoms with van der Waals surface area (Å²) >= 11 is 0. The second-order valence-corrected chi connectivity index (χ2v) is 6.20. The largest absolute Gasteiger partial charge is 0.381 e. The van der Waals surface area contributed by atoms with Crippen molar-refractivity contribution < 1.29 is 9.53 Å². The second kappa shape index (κ2) is 7.57. The van der Waals surface area contributed by atoms with Gasteiger partial charge in [0, 0.05) is 19.8 Å². The molecule has 1 unspecified atom stereocenters. The van der Waals surface area contributed by atoms with Crippen LogP contribution in [-0.4, -0.2) is 31.7 Å². The van der Waals surface area contributed by atoms with E-state index >= 15 is 0 Å². The smallest absolute Gasteiger partial charge is 0.237 e. The summed E-state index contributed by atoms with van der Waals surface area (Å²) < 4.78 is 5.32. The summed E-state index contributed by atoms with van der Waals surface area (Å²) in [5.41, 5.74) is 7.30. The highest BCUT2D eigenvalue weighted by Crippen LogP contribution is 2.18. The van der Waals surface area contributed by atoms with Gasteiger partial charge >= 0.3 is 0 Å². The third kappa shape index (κ3) is 4.09. The minimum Gasteiger partial charge on any atom is -0.381 e. The molecule has 3 N–H and O–H groups in total. The minimum absolute atomic E-state index is 0.0438. The SMILES string of the molecule is NC(C(=O)NCCc1ccc2ccccc2c1)C1CCOCC1. The Morgan fingerprint density at radius 2 is 1.91 bits per heavy atom. The molecule has 1 amide bonds. The topological polar surface area (TPSA) is 64.4 Å². The van der Waals surface area contributed by atoms with Gasteiger partial charge in [0.15, 0.2) is 0 Å². The van der Waals surface area contributed by atoms with Crippen molar-refractivity contribution in [1.82, 2.24) is 5.32 Å². The Morgan fingerprint density at radius 1 is 1.17 bits per heavy atom. The molecule has 23 heavy (non-hydrogen) atoms. The van der Waals surface area contributed by atoms with Crippen molar-refractivity contribution in [3.05, 3.63) is 48.0 Å². The summed E-state index contributed by atoms with van der Waals surface area (Å²) in [6.45, 7) is 2.04. The lowest BCUT2D eigenvalue weighted by Crippen LogP contribution is -2.47. The molecule has 3 rings (SSSR count). The number of hydrogen-bond donors (Lipinski definition) is 2. The molecule has 4 heteroatoms. The molecule has 4 nitrogen and oxygen atoms in total. The highest BCUT2D eigenvalue weighted by molar-refractivity contribution is 5.83. The van der Waals surface area contributed by atoms with Crippen LogP contribution in [0.5, 0.6) is 0 Å². The van der Waals surface area contributed by atoms with Gasteiger partial charge < -0.3 is 15.8 Å². The maximum Gasteiger partial charge on any atom is 0.237 e. The fourth-order valence-electron chi connectivity index (χ4n) is 3.13. The van der Waals surface area contributed by atoms with Crippen molar-refractivity contribution in [3.8, 4) is 0 Å². The van der Waals surface area contributed by atoms with Gasteiger partial charge in [0.2, 0.25) is 5.91 Å². The van der Waals surface area contributed by atoms with Crippen molar-refractivity contribution in [2.75, 3.05) is 19.8 Å². The standard InChI is InChI=1S/C19H24N2O2/c20-18(16-8-11-23-12-9-16)19(22)21-10-7-14-5-6-15-3-1-2-4-17(15)13-14/h1-6,13,16,18H,7-12,20H2,(H,21,22). The van der Waals surface area contributed by atoms with Crippen LogP contribution in [0.3, 0.4) is 0 Å². The first kappa shape index (κ1) is 16.0. The predicted octanol–water partition coefficient (Wildman–Crippen LogP) is 2.25. The monoisotopic (exact) mass is 312 g/mol. The number of carbonyl (C=O) groups is 1. The molecule has 1 atom stereocenters. The molecule has 1 saturated heterocycles. The van der Waals surface area contributed by atoms with E-state index in [4.69, 9.17) is 10.5 Å². The first-order chi connectivity index (χ1) is 11.2. The molecule has 0 radical (unpaired) electrons. The number of nitrogens with two attached hydrogens (primary N) is 1. The average molecular weight is 312 g/mol. The molecule has 2 aromatic carbocycles. The first-order valence-electron chi connectivity index (χ1n) is 8.33. The zero-order valence-corrected chi connectivity index (χ0v) is 13.3. The molecule has 0 spiro atoms. The van der Waals surface area contributed by atoms with E-state index in [-0.39, 0.29) is 11.8 Å². The number of nitrogens with one attached hydrogen (secondary N) is 1. The van der Waals surface area contributed by atoms with E-state index in [1.165, 1.54) is 16.3 Å². The maximum atomic E-state index is 12.2. The minimum atomic E-state index is -0.421. The lowest BCUT2D eigenvalue weighted by Gasteiger charge is -2.26. The summed E-state index contributed by atoms with van der Waals surface area (Å²) in [7, 11) is 0. The molecule has 2 aromatic rings. The number of hydrogen-bond acceptors (Lipinski definition) is 3. The van der Waals surface area contributed by atoms with Crippen LogP contribution in [0.2, 0.25) is 0 Å². The third-order valence-electron chi connectivity index (χ3n) is 4.60. The average Bonchev–Trinajstić information content (AvgIpc) is 2.61.